The molecule has 0 aliphatic carbocycles. The monoisotopic (exact) mass is 523 g/mol. The van der Waals surface area contributed by atoms with Gasteiger partial charge in [0.05, 0.1) is 12.7 Å². The van der Waals surface area contributed by atoms with Crippen LogP contribution in [0.25, 0.3) is 0 Å². The zero-order valence-corrected chi connectivity index (χ0v) is 20.1. The summed E-state index contributed by atoms with van der Waals surface area (Å²) in [6.45, 7) is 3.93. The van der Waals surface area contributed by atoms with Gasteiger partial charge in [-0.05, 0) is 30.4 Å². The summed E-state index contributed by atoms with van der Waals surface area (Å²) in [4.78, 5) is 4.36. The Morgan fingerprint density at radius 2 is 1.73 bits per heavy atom. The van der Waals surface area contributed by atoms with Crippen molar-refractivity contribution >= 4 is 29.9 Å². The molecular weight excluding hydrogens is 489 g/mol. The Balaban J connectivity index is 0.00000320. The van der Waals surface area contributed by atoms with Gasteiger partial charge in [0, 0.05) is 39.3 Å². The standard InChI is InChI=1S/C24H33N3O2.HI/c1-25-24(26-15-9-16-28-19-22-14-8-17-29-22)27-18-23(20-10-4-2-5-11-20)21-12-6-3-7-13-21;/h2-7,10-13,22-23H,8-9,14-19H2,1H3,(H2,25,26,27);1H. The van der Waals surface area contributed by atoms with Crippen molar-refractivity contribution in [1.29, 1.82) is 0 Å². The lowest BCUT2D eigenvalue weighted by Gasteiger charge is -2.20. The van der Waals surface area contributed by atoms with Crippen LogP contribution in [0.5, 0.6) is 0 Å². The normalized spacial score (nSPS) is 16.3. The van der Waals surface area contributed by atoms with Gasteiger partial charge < -0.3 is 20.1 Å². The molecule has 30 heavy (non-hydrogen) atoms. The zero-order valence-electron chi connectivity index (χ0n) is 17.8. The topological polar surface area (TPSA) is 54.9 Å². The minimum absolute atomic E-state index is 0. The van der Waals surface area contributed by atoms with Gasteiger partial charge in [-0.3, -0.25) is 4.99 Å². The number of hydrogen-bond donors (Lipinski definition) is 2. The number of halogens is 1. The first-order valence-electron chi connectivity index (χ1n) is 10.6. The first-order valence-corrected chi connectivity index (χ1v) is 10.6. The molecule has 1 heterocycles. The lowest BCUT2D eigenvalue weighted by Crippen LogP contribution is -2.40. The van der Waals surface area contributed by atoms with Crippen molar-refractivity contribution < 1.29 is 9.47 Å². The van der Waals surface area contributed by atoms with Gasteiger partial charge in [0.15, 0.2) is 5.96 Å². The van der Waals surface area contributed by atoms with Gasteiger partial charge in [-0.2, -0.15) is 0 Å². The van der Waals surface area contributed by atoms with Crippen molar-refractivity contribution in [1.82, 2.24) is 10.6 Å². The number of guanidine groups is 1. The molecule has 2 N–H and O–H groups in total. The molecule has 1 fully saturated rings. The maximum Gasteiger partial charge on any atom is 0.191 e. The summed E-state index contributed by atoms with van der Waals surface area (Å²) >= 11 is 0. The molecule has 0 amide bonds. The molecular formula is C24H34IN3O2. The number of ether oxygens (including phenoxy) is 2. The number of hydrogen-bond acceptors (Lipinski definition) is 3. The van der Waals surface area contributed by atoms with Crippen LogP contribution in [0.4, 0.5) is 0 Å². The number of benzene rings is 2. The summed E-state index contributed by atoms with van der Waals surface area (Å²) in [6, 6.07) is 21.2. The Bertz CT molecular complexity index is 682. The second-order valence-corrected chi connectivity index (χ2v) is 7.32. The molecule has 0 radical (unpaired) electrons. The molecule has 1 unspecified atom stereocenters. The van der Waals surface area contributed by atoms with Gasteiger partial charge in [0.2, 0.25) is 0 Å². The van der Waals surface area contributed by atoms with Crippen LogP contribution in [0.3, 0.4) is 0 Å². The summed E-state index contributed by atoms with van der Waals surface area (Å²) in [5.74, 6) is 1.09. The van der Waals surface area contributed by atoms with Gasteiger partial charge in [0.1, 0.15) is 0 Å². The van der Waals surface area contributed by atoms with Gasteiger partial charge in [-0.25, -0.2) is 0 Å². The highest BCUT2D eigenvalue weighted by atomic mass is 127. The van der Waals surface area contributed by atoms with Crippen molar-refractivity contribution in [2.75, 3.05) is 40.0 Å². The molecule has 164 valence electrons. The molecule has 2 aromatic rings. The lowest BCUT2D eigenvalue weighted by atomic mass is 9.91. The smallest absolute Gasteiger partial charge is 0.191 e. The van der Waals surface area contributed by atoms with E-state index in [1.54, 1.807) is 0 Å². The Kier molecular flexibility index (Phi) is 11.8. The zero-order chi connectivity index (χ0) is 20.2. The van der Waals surface area contributed by atoms with Gasteiger partial charge in [0.25, 0.3) is 0 Å². The second kappa shape index (κ2) is 14.4. The van der Waals surface area contributed by atoms with Crippen LogP contribution in [-0.2, 0) is 9.47 Å². The van der Waals surface area contributed by atoms with Crippen LogP contribution < -0.4 is 10.6 Å². The maximum absolute atomic E-state index is 5.72. The van der Waals surface area contributed by atoms with Crippen molar-refractivity contribution in [2.45, 2.75) is 31.3 Å². The Hall–Kier alpha value is -1.64. The molecule has 1 saturated heterocycles. The van der Waals surface area contributed by atoms with Crippen LogP contribution >= 0.6 is 24.0 Å². The average molecular weight is 523 g/mol. The molecule has 3 rings (SSSR count). The summed E-state index contributed by atoms with van der Waals surface area (Å²) in [6.07, 6.45) is 3.52. The molecule has 1 aliphatic heterocycles. The summed E-state index contributed by atoms with van der Waals surface area (Å²) < 4.78 is 11.3. The summed E-state index contributed by atoms with van der Waals surface area (Å²) in [7, 11) is 1.81. The minimum atomic E-state index is 0. The van der Waals surface area contributed by atoms with E-state index >= 15 is 0 Å². The Morgan fingerprint density at radius 3 is 2.30 bits per heavy atom. The highest BCUT2D eigenvalue weighted by Gasteiger charge is 2.15. The molecule has 6 heteroatoms. The predicted octanol–water partition coefficient (Wildman–Crippen LogP) is 4.19. The number of rotatable bonds is 10. The third-order valence-electron chi connectivity index (χ3n) is 5.19. The van der Waals surface area contributed by atoms with Crippen molar-refractivity contribution in [3.05, 3.63) is 71.8 Å². The van der Waals surface area contributed by atoms with E-state index in [9.17, 15) is 0 Å². The fraction of sp³-hybridized carbons (Fsp3) is 0.458. The average Bonchev–Trinajstić information content (AvgIpc) is 3.30. The molecule has 0 aromatic heterocycles. The molecule has 1 atom stereocenters. The van der Waals surface area contributed by atoms with Crippen LogP contribution in [0.2, 0.25) is 0 Å². The molecule has 0 spiro atoms. The third-order valence-corrected chi connectivity index (χ3v) is 5.19. The molecule has 0 saturated carbocycles. The minimum Gasteiger partial charge on any atom is -0.379 e. The molecule has 1 aliphatic rings. The number of nitrogens with zero attached hydrogens (tertiary/aromatic N) is 1. The van der Waals surface area contributed by atoms with E-state index in [-0.39, 0.29) is 29.9 Å². The first kappa shape index (κ1) is 24.6. The van der Waals surface area contributed by atoms with E-state index in [1.807, 2.05) is 7.05 Å². The van der Waals surface area contributed by atoms with Crippen LogP contribution in [0.15, 0.2) is 65.7 Å². The van der Waals surface area contributed by atoms with E-state index in [0.717, 1.165) is 51.5 Å². The highest BCUT2D eigenvalue weighted by Crippen LogP contribution is 2.23. The molecule has 0 bridgehead atoms. The van der Waals surface area contributed by atoms with Crippen molar-refractivity contribution in [3.8, 4) is 0 Å². The van der Waals surface area contributed by atoms with Crippen LogP contribution in [0.1, 0.15) is 36.3 Å². The van der Waals surface area contributed by atoms with E-state index in [1.165, 1.54) is 11.1 Å². The maximum atomic E-state index is 5.72. The first-order chi connectivity index (χ1) is 14.4. The second-order valence-electron chi connectivity index (χ2n) is 7.32. The molecule has 2 aromatic carbocycles. The van der Waals surface area contributed by atoms with E-state index in [0.29, 0.717) is 12.7 Å². The van der Waals surface area contributed by atoms with Crippen molar-refractivity contribution in [3.63, 3.8) is 0 Å². The van der Waals surface area contributed by atoms with Gasteiger partial charge in [-0.1, -0.05) is 60.7 Å². The van der Waals surface area contributed by atoms with Gasteiger partial charge >= 0.3 is 0 Å². The van der Waals surface area contributed by atoms with E-state index in [4.69, 9.17) is 9.47 Å². The quantitative estimate of drug-likeness (QED) is 0.212. The fourth-order valence-electron chi connectivity index (χ4n) is 3.59. The Labute approximate surface area is 197 Å². The van der Waals surface area contributed by atoms with E-state index in [2.05, 4.69) is 76.3 Å². The van der Waals surface area contributed by atoms with Crippen LogP contribution in [-0.4, -0.2) is 52.0 Å². The van der Waals surface area contributed by atoms with Crippen LogP contribution in [0, 0.1) is 0 Å². The van der Waals surface area contributed by atoms with Gasteiger partial charge in [-0.15, -0.1) is 24.0 Å². The third kappa shape index (κ3) is 8.24. The Morgan fingerprint density at radius 1 is 1.07 bits per heavy atom. The number of aliphatic imine (C=N–C) groups is 1. The van der Waals surface area contributed by atoms with E-state index < -0.39 is 0 Å². The highest BCUT2D eigenvalue weighted by molar-refractivity contribution is 14.0. The summed E-state index contributed by atoms with van der Waals surface area (Å²) in [5, 5.41) is 6.86. The van der Waals surface area contributed by atoms with Crippen molar-refractivity contribution in [2.24, 2.45) is 4.99 Å². The predicted molar refractivity (Wildman–Crippen MR) is 134 cm³/mol. The SMILES string of the molecule is CN=C(NCCCOCC1CCCO1)NCC(c1ccccc1)c1ccccc1.I. The fourth-order valence-corrected chi connectivity index (χ4v) is 3.59. The lowest BCUT2D eigenvalue weighted by molar-refractivity contribution is 0.0168. The largest absolute Gasteiger partial charge is 0.379 e. The summed E-state index contributed by atoms with van der Waals surface area (Å²) in [5.41, 5.74) is 2.59. The number of nitrogens with one attached hydrogen (secondary N) is 2. The molecule has 5 nitrogen and oxygen atoms in total.